The molecule has 0 N–H and O–H groups in total. The number of piperidine rings is 1. The Balaban J connectivity index is 1.95. The van der Waals surface area contributed by atoms with Crippen LogP contribution in [-0.2, 0) is 9.47 Å². The molecule has 0 radical (unpaired) electrons. The Hall–Kier alpha value is -1.16. The monoisotopic (exact) mass is 628 g/mol. The summed E-state index contributed by atoms with van der Waals surface area (Å²) >= 11 is 0. The van der Waals surface area contributed by atoms with E-state index in [-0.39, 0.29) is 12.2 Å². The molecule has 0 aromatic rings. The third kappa shape index (κ3) is 28.8. The molecular formula is C42H77NO2. The molecular weight excluding hydrogens is 550 g/mol. The van der Waals surface area contributed by atoms with Gasteiger partial charge in [-0.05, 0) is 90.5 Å². The number of unbranched alkanes of at least 4 members (excludes halogenated alkanes) is 18. The first kappa shape index (κ1) is 41.9. The van der Waals surface area contributed by atoms with Crippen LogP contribution in [0.5, 0.6) is 0 Å². The topological polar surface area (TPSA) is 21.7 Å². The van der Waals surface area contributed by atoms with Crippen LogP contribution in [0.15, 0.2) is 48.6 Å². The standard InChI is InChI=1S/C42H77NO2/c1-4-6-8-10-12-14-16-18-20-22-24-26-28-30-32-34-38-44-41-36-37-43(3)40-42(41)45-39-35-33-31-29-27-25-23-21-19-17-15-13-11-9-7-5-2/h12-15,18-21,41-42H,4-11,16-17,22-40H2,1-3H3/b14-12-,15-13-,20-18-,21-19-/t41-,42+/m1/s1. The highest BCUT2D eigenvalue weighted by Gasteiger charge is 2.28. The number of ether oxygens (including phenoxy) is 2. The van der Waals surface area contributed by atoms with E-state index < -0.39 is 0 Å². The molecule has 0 aromatic heterocycles. The van der Waals surface area contributed by atoms with Crippen LogP contribution < -0.4 is 0 Å². The van der Waals surface area contributed by atoms with Gasteiger partial charge < -0.3 is 14.4 Å². The molecule has 0 bridgehead atoms. The van der Waals surface area contributed by atoms with E-state index in [9.17, 15) is 0 Å². The summed E-state index contributed by atoms with van der Waals surface area (Å²) in [5.74, 6) is 0. The lowest BCUT2D eigenvalue weighted by Gasteiger charge is -2.36. The lowest BCUT2D eigenvalue weighted by atomic mass is 10.0. The van der Waals surface area contributed by atoms with Gasteiger partial charge in [-0.2, -0.15) is 0 Å². The molecule has 1 heterocycles. The zero-order valence-electron chi connectivity index (χ0n) is 30.5. The van der Waals surface area contributed by atoms with Gasteiger partial charge in [-0.3, -0.25) is 0 Å². The summed E-state index contributed by atoms with van der Waals surface area (Å²) in [4.78, 5) is 2.41. The van der Waals surface area contributed by atoms with Gasteiger partial charge in [-0.15, -0.1) is 0 Å². The maximum Gasteiger partial charge on any atom is 0.0963 e. The Labute approximate surface area is 282 Å². The van der Waals surface area contributed by atoms with Crippen LogP contribution >= 0.6 is 0 Å². The summed E-state index contributed by atoms with van der Waals surface area (Å²) in [5, 5.41) is 0. The Morgan fingerprint density at radius 2 is 0.844 bits per heavy atom. The zero-order chi connectivity index (χ0) is 32.3. The van der Waals surface area contributed by atoms with E-state index in [1.54, 1.807) is 0 Å². The van der Waals surface area contributed by atoms with Gasteiger partial charge >= 0.3 is 0 Å². The molecule has 0 aliphatic carbocycles. The van der Waals surface area contributed by atoms with Crippen molar-refractivity contribution < 1.29 is 9.47 Å². The third-order valence-electron chi connectivity index (χ3n) is 9.06. The van der Waals surface area contributed by atoms with E-state index in [1.165, 1.54) is 141 Å². The second-order valence-electron chi connectivity index (χ2n) is 13.5. The van der Waals surface area contributed by atoms with Crippen molar-refractivity contribution in [2.45, 2.75) is 187 Å². The van der Waals surface area contributed by atoms with E-state index in [0.717, 1.165) is 45.6 Å². The highest BCUT2D eigenvalue weighted by atomic mass is 16.5. The lowest BCUT2D eigenvalue weighted by molar-refractivity contribution is -0.106. The SMILES string of the molecule is CCCCC/C=C\C/C=C\CCCCCCCCO[C@H]1CN(C)CC[C@H]1OCCCCCCCC/C=C\C/C=C\CCCCC. The van der Waals surface area contributed by atoms with Crippen LogP contribution in [-0.4, -0.2) is 50.5 Å². The molecule has 3 nitrogen and oxygen atoms in total. The number of nitrogens with zero attached hydrogens (tertiary/aromatic N) is 1. The summed E-state index contributed by atoms with van der Waals surface area (Å²) in [6.45, 7) is 8.45. The summed E-state index contributed by atoms with van der Waals surface area (Å²) in [6.07, 6.45) is 51.3. The quantitative estimate of drug-likeness (QED) is 0.0547. The Morgan fingerprint density at radius 1 is 0.467 bits per heavy atom. The van der Waals surface area contributed by atoms with Crippen molar-refractivity contribution >= 4 is 0 Å². The van der Waals surface area contributed by atoms with Crippen LogP contribution in [0.3, 0.4) is 0 Å². The van der Waals surface area contributed by atoms with Gasteiger partial charge in [0, 0.05) is 26.3 Å². The van der Waals surface area contributed by atoms with Crippen LogP contribution in [0.4, 0.5) is 0 Å². The van der Waals surface area contributed by atoms with Crippen LogP contribution in [0.1, 0.15) is 174 Å². The first-order chi connectivity index (χ1) is 22.3. The molecule has 2 atom stereocenters. The van der Waals surface area contributed by atoms with Crippen molar-refractivity contribution in [2.24, 2.45) is 0 Å². The highest BCUT2D eigenvalue weighted by Crippen LogP contribution is 2.18. The smallest absolute Gasteiger partial charge is 0.0963 e. The normalized spacial score (nSPS) is 18.1. The van der Waals surface area contributed by atoms with Crippen molar-refractivity contribution in [3.8, 4) is 0 Å². The predicted octanol–water partition coefficient (Wildman–Crippen LogP) is 12.7. The minimum Gasteiger partial charge on any atom is -0.375 e. The summed E-state index contributed by atoms with van der Waals surface area (Å²) in [5.41, 5.74) is 0. The molecule has 0 amide bonds. The molecule has 1 fully saturated rings. The lowest BCUT2D eigenvalue weighted by Crippen LogP contribution is -2.47. The fourth-order valence-corrected chi connectivity index (χ4v) is 6.05. The Bertz CT molecular complexity index is 711. The molecule has 0 unspecified atom stereocenters. The second-order valence-corrected chi connectivity index (χ2v) is 13.5. The van der Waals surface area contributed by atoms with E-state index in [2.05, 4.69) is 74.4 Å². The third-order valence-corrected chi connectivity index (χ3v) is 9.06. The van der Waals surface area contributed by atoms with Gasteiger partial charge in [-0.25, -0.2) is 0 Å². The molecule has 0 saturated carbocycles. The van der Waals surface area contributed by atoms with Crippen molar-refractivity contribution in [1.29, 1.82) is 0 Å². The predicted molar refractivity (Wildman–Crippen MR) is 200 cm³/mol. The van der Waals surface area contributed by atoms with Gasteiger partial charge in [-0.1, -0.05) is 140 Å². The van der Waals surface area contributed by atoms with E-state index in [0.29, 0.717) is 0 Å². The Morgan fingerprint density at radius 3 is 1.29 bits per heavy atom. The van der Waals surface area contributed by atoms with Crippen molar-refractivity contribution in [2.75, 3.05) is 33.4 Å². The second kappa shape index (κ2) is 34.2. The molecule has 3 heteroatoms. The summed E-state index contributed by atoms with van der Waals surface area (Å²) in [7, 11) is 2.22. The molecule has 0 spiro atoms. The summed E-state index contributed by atoms with van der Waals surface area (Å²) < 4.78 is 12.7. The molecule has 262 valence electrons. The van der Waals surface area contributed by atoms with Gasteiger partial charge in [0.15, 0.2) is 0 Å². The van der Waals surface area contributed by atoms with E-state index >= 15 is 0 Å². The van der Waals surface area contributed by atoms with Gasteiger partial charge in [0.2, 0.25) is 0 Å². The first-order valence-corrected chi connectivity index (χ1v) is 19.8. The summed E-state index contributed by atoms with van der Waals surface area (Å²) in [6, 6.07) is 0. The molecule has 1 saturated heterocycles. The fraction of sp³-hybridized carbons (Fsp3) is 0.810. The molecule has 1 rings (SSSR count). The van der Waals surface area contributed by atoms with Crippen LogP contribution in [0.25, 0.3) is 0 Å². The number of rotatable bonds is 32. The highest BCUT2D eigenvalue weighted by molar-refractivity contribution is 4.93. The number of allylic oxidation sites excluding steroid dienone is 8. The number of hydrogen-bond acceptors (Lipinski definition) is 3. The van der Waals surface area contributed by atoms with Gasteiger partial charge in [0.25, 0.3) is 0 Å². The average Bonchev–Trinajstić information content (AvgIpc) is 3.04. The van der Waals surface area contributed by atoms with Gasteiger partial charge in [0.05, 0.1) is 12.2 Å². The molecule has 1 aliphatic heterocycles. The van der Waals surface area contributed by atoms with E-state index in [1.807, 2.05) is 0 Å². The fourth-order valence-electron chi connectivity index (χ4n) is 6.05. The maximum absolute atomic E-state index is 6.38. The van der Waals surface area contributed by atoms with Crippen molar-refractivity contribution in [3.63, 3.8) is 0 Å². The van der Waals surface area contributed by atoms with Crippen molar-refractivity contribution in [1.82, 2.24) is 4.90 Å². The average molecular weight is 628 g/mol. The minimum atomic E-state index is 0.242. The van der Waals surface area contributed by atoms with Crippen LogP contribution in [0.2, 0.25) is 0 Å². The van der Waals surface area contributed by atoms with Crippen LogP contribution in [0, 0.1) is 0 Å². The minimum absolute atomic E-state index is 0.242. The number of hydrogen-bond donors (Lipinski definition) is 0. The van der Waals surface area contributed by atoms with Crippen molar-refractivity contribution in [3.05, 3.63) is 48.6 Å². The number of likely N-dealkylation sites (tertiary alicyclic amines) is 1. The molecule has 0 aromatic carbocycles. The zero-order valence-corrected chi connectivity index (χ0v) is 30.5. The molecule has 1 aliphatic rings. The Kier molecular flexibility index (Phi) is 31.8. The van der Waals surface area contributed by atoms with E-state index in [4.69, 9.17) is 9.47 Å². The molecule has 45 heavy (non-hydrogen) atoms. The maximum atomic E-state index is 6.38. The van der Waals surface area contributed by atoms with Gasteiger partial charge in [0.1, 0.15) is 0 Å². The largest absolute Gasteiger partial charge is 0.375 e. The number of likely N-dealkylation sites (N-methyl/N-ethyl adjacent to an activating group) is 1. The first-order valence-electron chi connectivity index (χ1n) is 19.8.